The van der Waals surface area contributed by atoms with Gasteiger partial charge in [-0.25, -0.2) is 14.8 Å². The molecule has 9 nitrogen and oxygen atoms in total. The molecule has 4 heterocycles. The van der Waals surface area contributed by atoms with E-state index >= 15 is 0 Å². The quantitative estimate of drug-likeness (QED) is 0.674. The Morgan fingerprint density at radius 2 is 2.21 bits per heavy atom. The predicted molar refractivity (Wildman–Crippen MR) is 107 cm³/mol. The number of imidazole rings is 1. The fourth-order valence-corrected chi connectivity index (χ4v) is 3.89. The van der Waals surface area contributed by atoms with Gasteiger partial charge in [-0.3, -0.25) is 4.57 Å². The van der Waals surface area contributed by atoms with Gasteiger partial charge >= 0.3 is 5.97 Å². The molecular weight excluding hydrogens is 372 g/mol. The van der Waals surface area contributed by atoms with Crippen molar-refractivity contribution in [1.29, 1.82) is 0 Å². The lowest BCUT2D eigenvalue weighted by Crippen LogP contribution is -2.36. The van der Waals surface area contributed by atoms with Crippen LogP contribution in [0.2, 0.25) is 0 Å². The smallest absolute Gasteiger partial charge is 0.337 e. The minimum Gasteiger partial charge on any atom is -0.478 e. The van der Waals surface area contributed by atoms with Crippen molar-refractivity contribution in [2.24, 2.45) is 5.92 Å². The summed E-state index contributed by atoms with van der Waals surface area (Å²) in [6.07, 6.45) is 4.18. The summed E-state index contributed by atoms with van der Waals surface area (Å²) in [5.74, 6) is 1.90. The highest BCUT2D eigenvalue weighted by Gasteiger charge is 2.29. The molecule has 1 aliphatic rings. The first-order valence-electron chi connectivity index (χ1n) is 10.1. The van der Waals surface area contributed by atoms with Crippen molar-refractivity contribution < 1.29 is 14.4 Å². The number of aromatic carboxylic acids is 1. The molecular formula is C20H26N6O3. The molecule has 3 aromatic rings. The molecule has 0 aliphatic carbocycles. The summed E-state index contributed by atoms with van der Waals surface area (Å²) < 4.78 is 7.58. The van der Waals surface area contributed by atoms with Crippen molar-refractivity contribution in [3.63, 3.8) is 0 Å². The van der Waals surface area contributed by atoms with Crippen LogP contribution in [-0.2, 0) is 13.0 Å². The number of hydrogen-bond donors (Lipinski definition) is 1. The average Bonchev–Trinajstić information content (AvgIpc) is 3.31. The van der Waals surface area contributed by atoms with E-state index in [1.54, 1.807) is 6.07 Å². The van der Waals surface area contributed by atoms with Crippen LogP contribution < -0.4 is 4.90 Å². The zero-order valence-electron chi connectivity index (χ0n) is 17.0. The van der Waals surface area contributed by atoms with Crippen LogP contribution in [0.25, 0.3) is 11.2 Å². The van der Waals surface area contributed by atoms with E-state index in [4.69, 9.17) is 9.51 Å². The maximum atomic E-state index is 11.3. The van der Waals surface area contributed by atoms with E-state index in [1.165, 1.54) is 6.20 Å². The lowest BCUT2D eigenvalue weighted by molar-refractivity contribution is 0.0696. The molecule has 1 atom stereocenters. The fourth-order valence-electron chi connectivity index (χ4n) is 3.89. The minimum atomic E-state index is -1.00. The molecule has 4 rings (SSSR count). The second-order valence-electron chi connectivity index (χ2n) is 7.96. The molecule has 0 radical (unpaired) electrons. The van der Waals surface area contributed by atoms with Crippen LogP contribution in [0, 0.1) is 5.92 Å². The van der Waals surface area contributed by atoms with Gasteiger partial charge < -0.3 is 14.5 Å². The van der Waals surface area contributed by atoms with Crippen molar-refractivity contribution in [2.75, 3.05) is 18.0 Å². The number of carbonyl (C=O) groups is 1. The lowest BCUT2D eigenvalue weighted by Gasteiger charge is -2.32. The normalized spacial score (nSPS) is 17.4. The molecule has 0 saturated carbocycles. The van der Waals surface area contributed by atoms with Crippen LogP contribution in [-0.4, -0.2) is 48.8 Å². The Balaban J connectivity index is 1.61. The van der Waals surface area contributed by atoms with E-state index in [1.807, 2.05) is 11.5 Å². The van der Waals surface area contributed by atoms with Crippen LogP contribution in [0.5, 0.6) is 0 Å². The minimum absolute atomic E-state index is 0.143. The van der Waals surface area contributed by atoms with Gasteiger partial charge in [0.2, 0.25) is 11.8 Å². The van der Waals surface area contributed by atoms with Gasteiger partial charge in [-0.15, -0.1) is 0 Å². The zero-order chi connectivity index (χ0) is 20.5. The number of carboxylic acid groups (broad SMARTS) is 1. The summed E-state index contributed by atoms with van der Waals surface area (Å²) in [7, 11) is 0. The van der Waals surface area contributed by atoms with E-state index in [2.05, 4.69) is 33.9 Å². The molecule has 29 heavy (non-hydrogen) atoms. The van der Waals surface area contributed by atoms with Gasteiger partial charge in [-0.1, -0.05) is 19.0 Å². The second kappa shape index (κ2) is 7.81. The topological polar surface area (TPSA) is 110 Å². The predicted octanol–water partition coefficient (Wildman–Crippen LogP) is 3.11. The second-order valence-corrected chi connectivity index (χ2v) is 7.96. The SMILES string of the molecule is CCn1c(N2CCCC(c3nc(CC(C)C)no3)C2)nc2cc(C(=O)O)cnc21. The summed E-state index contributed by atoms with van der Waals surface area (Å²) in [6.45, 7) is 8.62. The standard InChI is InChI=1S/C20H26N6O3/c1-4-26-17-15(9-14(10-21-17)19(27)28)22-20(26)25-7-5-6-13(11-25)18-23-16(24-29-18)8-12(2)3/h9-10,12-13H,4-8,11H2,1-3H3,(H,27,28). The lowest BCUT2D eigenvalue weighted by atomic mass is 9.98. The highest BCUT2D eigenvalue weighted by Crippen LogP contribution is 2.30. The molecule has 0 bridgehead atoms. The number of aryl methyl sites for hydroxylation is 1. The maximum absolute atomic E-state index is 11.3. The van der Waals surface area contributed by atoms with E-state index in [9.17, 15) is 9.90 Å². The third kappa shape index (κ3) is 3.81. The Morgan fingerprint density at radius 3 is 2.93 bits per heavy atom. The molecule has 0 aromatic carbocycles. The summed E-state index contributed by atoms with van der Waals surface area (Å²) in [5.41, 5.74) is 1.44. The summed E-state index contributed by atoms with van der Waals surface area (Å²) >= 11 is 0. The zero-order valence-corrected chi connectivity index (χ0v) is 17.0. The molecule has 1 N–H and O–H groups in total. The van der Waals surface area contributed by atoms with Crippen LogP contribution in [0.15, 0.2) is 16.8 Å². The number of aromatic nitrogens is 5. The van der Waals surface area contributed by atoms with Crippen molar-refractivity contribution >= 4 is 23.1 Å². The molecule has 1 fully saturated rings. The highest BCUT2D eigenvalue weighted by molar-refractivity contribution is 5.91. The number of rotatable bonds is 6. The number of piperidine rings is 1. The van der Waals surface area contributed by atoms with Gasteiger partial charge in [0.25, 0.3) is 0 Å². The molecule has 0 spiro atoms. The first kappa shape index (κ1) is 19.4. The average molecular weight is 398 g/mol. The first-order valence-corrected chi connectivity index (χ1v) is 10.1. The monoisotopic (exact) mass is 398 g/mol. The Labute approximate surface area is 168 Å². The molecule has 154 valence electrons. The Hall–Kier alpha value is -2.97. The molecule has 1 unspecified atom stereocenters. The van der Waals surface area contributed by atoms with Gasteiger partial charge in [0.1, 0.15) is 5.52 Å². The third-order valence-corrected chi connectivity index (χ3v) is 5.26. The highest BCUT2D eigenvalue weighted by atomic mass is 16.5. The number of carboxylic acids is 1. The van der Waals surface area contributed by atoms with Gasteiger partial charge in [0.05, 0.1) is 11.5 Å². The molecule has 0 amide bonds. The van der Waals surface area contributed by atoms with Gasteiger partial charge in [0.15, 0.2) is 11.5 Å². The molecule has 1 saturated heterocycles. The number of fused-ring (bicyclic) bond motifs is 1. The fraction of sp³-hybridized carbons (Fsp3) is 0.550. The number of pyridine rings is 1. The van der Waals surface area contributed by atoms with Crippen molar-refractivity contribution in [2.45, 2.75) is 52.5 Å². The van der Waals surface area contributed by atoms with E-state index in [0.29, 0.717) is 29.5 Å². The van der Waals surface area contributed by atoms with E-state index in [0.717, 1.165) is 44.1 Å². The summed E-state index contributed by atoms with van der Waals surface area (Å²) in [4.78, 5) is 27.2. The molecule has 9 heteroatoms. The van der Waals surface area contributed by atoms with Crippen molar-refractivity contribution in [3.05, 3.63) is 29.5 Å². The number of hydrogen-bond acceptors (Lipinski definition) is 7. The third-order valence-electron chi connectivity index (χ3n) is 5.26. The van der Waals surface area contributed by atoms with Crippen LogP contribution in [0.4, 0.5) is 5.95 Å². The van der Waals surface area contributed by atoms with Crippen molar-refractivity contribution in [1.82, 2.24) is 24.7 Å². The summed E-state index contributed by atoms with van der Waals surface area (Å²) in [5, 5.41) is 13.4. The van der Waals surface area contributed by atoms with E-state index in [-0.39, 0.29) is 11.5 Å². The summed E-state index contributed by atoms with van der Waals surface area (Å²) in [6, 6.07) is 1.58. The largest absolute Gasteiger partial charge is 0.478 e. The first-order chi connectivity index (χ1) is 14.0. The maximum Gasteiger partial charge on any atom is 0.337 e. The Morgan fingerprint density at radius 1 is 1.38 bits per heavy atom. The van der Waals surface area contributed by atoms with Crippen molar-refractivity contribution in [3.8, 4) is 0 Å². The molecule has 3 aromatic heterocycles. The Kier molecular flexibility index (Phi) is 5.21. The van der Waals surface area contributed by atoms with Gasteiger partial charge in [-0.05, 0) is 31.7 Å². The van der Waals surface area contributed by atoms with Crippen LogP contribution in [0.3, 0.4) is 0 Å². The van der Waals surface area contributed by atoms with Gasteiger partial charge in [0, 0.05) is 32.3 Å². The van der Waals surface area contributed by atoms with Gasteiger partial charge in [-0.2, -0.15) is 4.98 Å². The van der Waals surface area contributed by atoms with Crippen LogP contribution in [0.1, 0.15) is 61.6 Å². The molecule has 1 aliphatic heterocycles. The Bertz CT molecular complexity index is 1020. The number of anilines is 1. The van der Waals surface area contributed by atoms with E-state index < -0.39 is 5.97 Å². The number of nitrogens with zero attached hydrogens (tertiary/aromatic N) is 6. The van der Waals surface area contributed by atoms with Crippen LogP contribution >= 0.6 is 0 Å².